The van der Waals surface area contributed by atoms with Gasteiger partial charge in [0.15, 0.2) is 9.84 Å². The number of piperazine rings is 1. The van der Waals surface area contributed by atoms with E-state index in [1.807, 2.05) is 0 Å². The number of hydrogen-bond donors (Lipinski definition) is 4. The molecule has 272 valence electrons. The number of hydrogen-bond acceptors (Lipinski definition) is 9. The Morgan fingerprint density at radius 2 is 1.80 bits per heavy atom. The van der Waals surface area contributed by atoms with Crippen LogP contribution in [0.15, 0.2) is 90.0 Å². The van der Waals surface area contributed by atoms with Gasteiger partial charge >= 0.3 is 6.36 Å². The summed E-state index contributed by atoms with van der Waals surface area (Å²) >= 11 is 6.08. The van der Waals surface area contributed by atoms with E-state index >= 15 is 4.39 Å². The molecule has 4 N–H and O–H groups in total. The van der Waals surface area contributed by atoms with Gasteiger partial charge in [-0.25, -0.2) is 17.8 Å². The number of amides is 1. The molecule has 4 aromatic rings. The topological polar surface area (TPSA) is 131 Å². The van der Waals surface area contributed by atoms with Crippen molar-refractivity contribution in [3.05, 3.63) is 107 Å². The lowest BCUT2D eigenvalue weighted by molar-refractivity contribution is -0.274. The molecule has 5 rings (SSSR count). The van der Waals surface area contributed by atoms with Gasteiger partial charge in [-0.3, -0.25) is 10.1 Å². The Morgan fingerprint density at radius 3 is 2.43 bits per heavy atom. The van der Waals surface area contributed by atoms with Crippen LogP contribution in [0.5, 0.6) is 11.6 Å². The van der Waals surface area contributed by atoms with E-state index in [4.69, 9.17) is 16.3 Å². The third-order valence-electron chi connectivity index (χ3n) is 8.36. The molecule has 0 spiro atoms. The second kappa shape index (κ2) is 15.8. The van der Waals surface area contributed by atoms with E-state index in [0.717, 1.165) is 29.8 Å². The molecule has 1 saturated heterocycles. The maximum atomic E-state index is 15.7. The van der Waals surface area contributed by atoms with Crippen LogP contribution in [0.2, 0.25) is 5.02 Å². The van der Waals surface area contributed by atoms with Gasteiger partial charge in [0.05, 0.1) is 23.9 Å². The van der Waals surface area contributed by atoms with Crippen molar-refractivity contribution in [2.24, 2.45) is 0 Å². The molecule has 1 amide bonds. The fourth-order valence-corrected chi connectivity index (χ4v) is 7.98. The van der Waals surface area contributed by atoms with Crippen molar-refractivity contribution in [3.8, 4) is 11.6 Å². The highest BCUT2D eigenvalue weighted by molar-refractivity contribution is 7.92. The first-order valence-corrected chi connectivity index (χ1v) is 17.7. The third-order valence-corrected chi connectivity index (χ3v) is 11.0. The largest absolute Gasteiger partial charge is 0.573 e. The number of carbonyl (C=O) groups is 1. The van der Waals surface area contributed by atoms with Gasteiger partial charge in [-0.05, 0) is 79.9 Å². The molecular formula is C35H36ClF4N5O5S. The third kappa shape index (κ3) is 9.47. The molecule has 0 radical (unpaired) electrons. The molecule has 16 heteroatoms. The van der Waals surface area contributed by atoms with Crippen molar-refractivity contribution in [1.29, 1.82) is 0 Å². The number of nitrogens with one attached hydrogen (secondary N) is 4. The van der Waals surface area contributed by atoms with Gasteiger partial charge in [0, 0.05) is 47.9 Å². The summed E-state index contributed by atoms with van der Waals surface area (Å²) in [5, 5.41) is 12.8. The van der Waals surface area contributed by atoms with Crippen LogP contribution in [0.3, 0.4) is 0 Å². The molecule has 3 atom stereocenters. The van der Waals surface area contributed by atoms with Gasteiger partial charge in [-0.1, -0.05) is 29.8 Å². The summed E-state index contributed by atoms with van der Waals surface area (Å²) in [5.74, 6) is -1.28. The molecule has 0 aliphatic carbocycles. The zero-order valence-corrected chi connectivity index (χ0v) is 29.1. The van der Waals surface area contributed by atoms with Gasteiger partial charge < -0.3 is 25.4 Å². The van der Waals surface area contributed by atoms with E-state index < -0.39 is 44.6 Å². The van der Waals surface area contributed by atoms with E-state index in [-0.39, 0.29) is 48.0 Å². The van der Waals surface area contributed by atoms with Crippen molar-refractivity contribution in [1.82, 2.24) is 15.6 Å². The average molecular weight is 750 g/mol. The number of ether oxygens (including phenoxy) is 2. The molecule has 51 heavy (non-hydrogen) atoms. The van der Waals surface area contributed by atoms with Crippen LogP contribution in [-0.2, 0) is 27.5 Å². The number of halogens is 5. The Bertz CT molecular complexity index is 1920. The van der Waals surface area contributed by atoms with Crippen LogP contribution in [0.4, 0.5) is 28.9 Å². The molecule has 0 saturated carbocycles. The number of nitrogens with zero attached hydrogens (tertiary/aromatic N) is 1. The first kappa shape index (κ1) is 37.8. The minimum absolute atomic E-state index is 0.0603. The van der Waals surface area contributed by atoms with E-state index in [2.05, 4.69) is 31.0 Å². The zero-order chi connectivity index (χ0) is 36.8. The Morgan fingerprint density at radius 1 is 1.08 bits per heavy atom. The van der Waals surface area contributed by atoms with Gasteiger partial charge in [-0.2, -0.15) is 0 Å². The van der Waals surface area contributed by atoms with Crippen molar-refractivity contribution in [3.63, 3.8) is 0 Å². The molecule has 1 fully saturated rings. The molecule has 0 bridgehead atoms. The lowest BCUT2D eigenvalue weighted by atomic mass is 9.99. The molecule has 1 aliphatic rings. The number of aromatic nitrogens is 1. The minimum Gasteiger partial charge on any atom is -0.481 e. The number of alkyl halides is 3. The summed E-state index contributed by atoms with van der Waals surface area (Å²) in [4.78, 5) is 15.9. The predicted molar refractivity (Wildman–Crippen MR) is 185 cm³/mol. The normalized spacial score (nSPS) is 18.5. The first-order chi connectivity index (χ1) is 24.2. The summed E-state index contributed by atoms with van der Waals surface area (Å²) < 4.78 is 91.3. The minimum atomic E-state index is -4.95. The maximum Gasteiger partial charge on any atom is 0.573 e. The Labute approximate surface area is 297 Å². The zero-order valence-electron chi connectivity index (χ0n) is 27.6. The number of carbonyl (C=O) groups excluding carboxylic acids is 1. The van der Waals surface area contributed by atoms with E-state index in [9.17, 15) is 26.4 Å². The first-order valence-electron chi connectivity index (χ1n) is 15.9. The SMILES string of the molecule is COc1ccc(NC(=O)[C@H](Cc2ccc(Cl)cc2)Nc2cccc(F)c2CC[C@]2(S(=O)(=O)c3ccc(OC(F)(F)F)cc3)CNC[C@H](C)N2)cn1. The maximum absolute atomic E-state index is 15.7. The van der Waals surface area contributed by atoms with Crippen molar-refractivity contribution < 1.29 is 40.2 Å². The second-order valence-electron chi connectivity index (χ2n) is 12.1. The predicted octanol–water partition coefficient (Wildman–Crippen LogP) is 6.13. The summed E-state index contributed by atoms with van der Waals surface area (Å²) in [6.45, 7) is 2.17. The van der Waals surface area contributed by atoms with Crippen LogP contribution in [0.1, 0.15) is 24.5 Å². The molecule has 0 unspecified atom stereocenters. The molecule has 1 aromatic heterocycles. The molecule has 3 aromatic carbocycles. The molecular weight excluding hydrogens is 714 g/mol. The molecule has 1 aliphatic heterocycles. The van der Waals surface area contributed by atoms with Crippen LogP contribution >= 0.6 is 11.6 Å². The fourth-order valence-electron chi connectivity index (χ4n) is 5.89. The number of rotatable bonds is 13. The summed E-state index contributed by atoms with van der Waals surface area (Å²) in [5.41, 5.74) is 1.58. The lowest BCUT2D eigenvalue weighted by Crippen LogP contribution is -2.66. The van der Waals surface area contributed by atoms with Crippen LogP contribution in [0, 0.1) is 5.82 Å². The van der Waals surface area contributed by atoms with Crippen LogP contribution in [-0.4, -0.2) is 62.8 Å². The standard InChI is InChI=1S/C35H36ClF4N5O5S/c1-22-19-41-21-34(45-22,51(47,48)27-13-11-26(12-14-27)50-35(38,39)40)17-16-28-29(37)4-3-5-30(28)44-31(18-23-6-8-24(36)9-7-23)33(46)43-25-10-15-32(49-2)42-20-25/h3-15,20,22,31,41,44-45H,16-19,21H2,1-2H3,(H,43,46)/t22-,31-,34-/m0/s1. The summed E-state index contributed by atoms with van der Waals surface area (Å²) in [7, 11) is -2.81. The molecule has 2 heterocycles. The van der Waals surface area contributed by atoms with E-state index in [1.54, 1.807) is 49.4 Å². The van der Waals surface area contributed by atoms with Crippen molar-refractivity contribution in [2.45, 2.75) is 54.4 Å². The average Bonchev–Trinajstić information content (AvgIpc) is 3.08. The van der Waals surface area contributed by atoms with Crippen LogP contribution in [0.25, 0.3) is 0 Å². The van der Waals surface area contributed by atoms with Crippen LogP contribution < -0.4 is 30.7 Å². The second-order valence-corrected chi connectivity index (χ2v) is 14.8. The van der Waals surface area contributed by atoms with Gasteiger partial charge in [0.1, 0.15) is 22.5 Å². The Kier molecular flexibility index (Phi) is 11.7. The highest BCUT2D eigenvalue weighted by Crippen LogP contribution is 2.34. The number of pyridine rings is 1. The highest BCUT2D eigenvalue weighted by Gasteiger charge is 2.47. The summed E-state index contributed by atoms with van der Waals surface area (Å²) in [6, 6.07) is 17.2. The van der Waals surface area contributed by atoms with Crippen molar-refractivity contribution in [2.75, 3.05) is 30.8 Å². The number of sulfone groups is 1. The number of benzene rings is 3. The smallest absolute Gasteiger partial charge is 0.481 e. The summed E-state index contributed by atoms with van der Waals surface area (Å²) in [6.07, 6.45) is -3.55. The Balaban J connectivity index is 1.43. The number of methoxy groups -OCH3 is 1. The lowest BCUT2D eigenvalue weighted by Gasteiger charge is -2.41. The van der Waals surface area contributed by atoms with Gasteiger partial charge in [-0.15, -0.1) is 13.2 Å². The number of anilines is 2. The molecule has 10 nitrogen and oxygen atoms in total. The monoisotopic (exact) mass is 749 g/mol. The quantitative estimate of drug-likeness (QED) is 0.119. The van der Waals surface area contributed by atoms with E-state index in [1.165, 1.54) is 25.4 Å². The van der Waals surface area contributed by atoms with Gasteiger partial charge in [0.2, 0.25) is 11.8 Å². The highest BCUT2D eigenvalue weighted by atomic mass is 35.5. The Hall–Kier alpha value is -4.44. The fraction of sp³-hybridized carbons (Fsp3) is 0.314. The van der Waals surface area contributed by atoms with Gasteiger partial charge in [0.25, 0.3) is 0 Å². The van der Waals surface area contributed by atoms with Crippen molar-refractivity contribution >= 4 is 38.7 Å². The van der Waals surface area contributed by atoms with E-state index in [0.29, 0.717) is 23.1 Å².